The van der Waals surface area contributed by atoms with Crippen molar-refractivity contribution in [3.05, 3.63) is 65.9 Å². The number of hydrogen-bond acceptors (Lipinski definition) is 8. The number of anilines is 4. The lowest BCUT2D eigenvalue weighted by molar-refractivity contribution is -0.121. The number of nitrogens with one attached hydrogen (secondary N) is 2. The van der Waals surface area contributed by atoms with Gasteiger partial charge in [0.15, 0.2) is 5.82 Å². The van der Waals surface area contributed by atoms with Crippen LogP contribution in [0.2, 0.25) is 0 Å². The van der Waals surface area contributed by atoms with Crippen LogP contribution in [-0.4, -0.2) is 72.6 Å². The van der Waals surface area contributed by atoms with Gasteiger partial charge in [0.2, 0.25) is 11.9 Å². The van der Waals surface area contributed by atoms with E-state index in [-0.39, 0.29) is 23.8 Å². The summed E-state index contributed by atoms with van der Waals surface area (Å²) in [7, 11) is 3.43. The van der Waals surface area contributed by atoms with Crippen LogP contribution >= 0.6 is 0 Å². The van der Waals surface area contributed by atoms with Gasteiger partial charge in [-0.25, -0.2) is 4.98 Å². The maximum absolute atomic E-state index is 13.4. The average Bonchev–Trinajstić information content (AvgIpc) is 3.59. The van der Waals surface area contributed by atoms with E-state index in [1.165, 1.54) is 18.4 Å². The van der Waals surface area contributed by atoms with Crippen molar-refractivity contribution >= 4 is 35.0 Å². The minimum absolute atomic E-state index is 0.0678. The summed E-state index contributed by atoms with van der Waals surface area (Å²) in [5.74, 6) is 1.71. The highest BCUT2D eigenvalue weighted by molar-refractivity contribution is 5.99. The number of hydrogen-bond donors (Lipinski definition) is 2. The molecule has 1 unspecified atom stereocenters. The van der Waals surface area contributed by atoms with Crippen LogP contribution < -0.4 is 25.2 Å². The van der Waals surface area contributed by atoms with Crippen molar-refractivity contribution in [3.8, 4) is 5.75 Å². The van der Waals surface area contributed by atoms with Crippen LogP contribution in [0.25, 0.3) is 0 Å². The largest absolute Gasteiger partial charge is 0.495 e. The van der Waals surface area contributed by atoms with Crippen LogP contribution in [0.3, 0.4) is 0 Å². The van der Waals surface area contributed by atoms with Gasteiger partial charge in [0.05, 0.1) is 24.9 Å². The molecule has 1 saturated heterocycles. The molecule has 1 saturated carbocycles. The van der Waals surface area contributed by atoms with Gasteiger partial charge in [-0.2, -0.15) is 4.98 Å². The Hall–Kier alpha value is -4.18. The number of rotatable bonds is 10. The number of likely N-dealkylation sites (tertiary alicyclic amines) is 1. The monoisotopic (exact) mass is 625 g/mol. The molecule has 10 nitrogen and oxygen atoms in total. The van der Waals surface area contributed by atoms with Crippen molar-refractivity contribution in [2.24, 2.45) is 5.92 Å². The third kappa shape index (κ3) is 7.12. The van der Waals surface area contributed by atoms with E-state index in [9.17, 15) is 9.59 Å². The van der Waals surface area contributed by atoms with E-state index < -0.39 is 0 Å². The van der Waals surface area contributed by atoms with Gasteiger partial charge >= 0.3 is 0 Å². The molecule has 6 rings (SSSR count). The molecule has 46 heavy (non-hydrogen) atoms. The summed E-state index contributed by atoms with van der Waals surface area (Å²) in [5, 5.41) is 6.55. The molecular formula is C36H47N7O3. The van der Waals surface area contributed by atoms with Crippen LogP contribution in [0, 0.1) is 5.92 Å². The summed E-state index contributed by atoms with van der Waals surface area (Å²) >= 11 is 0. The molecule has 3 aromatic rings. The molecular weight excluding hydrogens is 578 g/mol. The molecule has 0 spiro atoms. The number of amides is 2. The lowest BCUT2D eigenvalue weighted by atomic mass is 10.0. The Morgan fingerprint density at radius 1 is 1.04 bits per heavy atom. The molecule has 1 aliphatic carbocycles. The van der Waals surface area contributed by atoms with Gasteiger partial charge in [-0.3, -0.25) is 14.5 Å². The zero-order chi connectivity index (χ0) is 32.0. The fraction of sp³-hybridized carbons (Fsp3) is 0.500. The summed E-state index contributed by atoms with van der Waals surface area (Å²) in [6.07, 6.45) is 9.99. The van der Waals surface area contributed by atoms with Crippen LogP contribution in [0.15, 0.2) is 54.7 Å². The summed E-state index contributed by atoms with van der Waals surface area (Å²) in [4.78, 5) is 42.8. The fourth-order valence-electron chi connectivity index (χ4n) is 7.17. The molecule has 1 atom stereocenters. The Bertz CT molecular complexity index is 1500. The van der Waals surface area contributed by atoms with Gasteiger partial charge in [-0.05, 0) is 55.9 Å². The lowest BCUT2D eigenvalue weighted by Gasteiger charge is -2.32. The number of benzene rings is 2. The first-order chi connectivity index (χ1) is 22.4. The molecule has 10 heteroatoms. The highest BCUT2D eigenvalue weighted by Gasteiger charge is 2.36. The van der Waals surface area contributed by atoms with Gasteiger partial charge in [0, 0.05) is 50.9 Å². The molecule has 2 N–H and O–H groups in total. The van der Waals surface area contributed by atoms with Gasteiger partial charge in [0.25, 0.3) is 5.91 Å². The molecule has 2 amide bonds. The van der Waals surface area contributed by atoms with Crippen LogP contribution in [-0.2, 0) is 11.3 Å². The second kappa shape index (κ2) is 14.5. The van der Waals surface area contributed by atoms with Crippen molar-refractivity contribution in [1.29, 1.82) is 0 Å². The van der Waals surface area contributed by atoms with Gasteiger partial charge in [-0.1, -0.05) is 56.5 Å². The third-order valence-electron chi connectivity index (χ3n) is 9.76. The minimum atomic E-state index is -0.103. The first-order valence-corrected chi connectivity index (χ1v) is 16.9. The predicted octanol–water partition coefficient (Wildman–Crippen LogP) is 5.76. The molecule has 0 radical (unpaired) electrons. The van der Waals surface area contributed by atoms with E-state index in [2.05, 4.69) is 56.6 Å². The summed E-state index contributed by atoms with van der Waals surface area (Å²) in [6.45, 7) is 5.65. The predicted molar refractivity (Wildman–Crippen MR) is 182 cm³/mol. The molecule has 3 aliphatic rings. The molecule has 2 aliphatic heterocycles. The summed E-state index contributed by atoms with van der Waals surface area (Å²) in [5.41, 5.74) is 3.27. The number of nitrogens with zero attached hydrogens (tertiary/aromatic N) is 5. The second-order valence-electron chi connectivity index (χ2n) is 12.9. The molecule has 2 aromatic carbocycles. The van der Waals surface area contributed by atoms with Crippen molar-refractivity contribution in [1.82, 2.24) is 20.2 Å². The Morgan fingerprint density at radius 2 is 1.80 bits per heavy atom. The van der Waals surface area contributed by atoms with Crippen molar-refractivity contribution < 1.29 is 14.3 Å². The number of aromatic nitrogens is 2. The Labute approximate surface area is 272 Å². The van der Waals surface area contributed by atoms with E-state index in [0.717, 1.165) is 69.7 Å². The van der Waals surface area contributed by atoms with Crippen molar-refractivity contribution in [2.45, 2.75) is 76.9 Å². The van der Waals surface area contributed by atoms with Crippen LogP contribution in [0.5, 0.6) is 5.75 Å². The van der Waals surface area contributed by atoms with E-state index in [4.69, 9.17) is 9.72 Å². The molecule has 0 bridgehead atoms. The Morgan fingerprint density at radius 3 is 2.52 bits per heavy atom. The van der Waals surface area contributed by atoms with Gasteiger partial charge in [-0.15, -0.1) is 0 Å². The minimum Gasteiger partial charge on any atom is -0.495 e. The Balaban J connectivity index is 1.14. The first-order valence-electron chi connectivity index (χ1n) is 16.9. The van der Waals surface area contributed by atoms with Gasteiger partial charge < -0.3 is 25.2 Å². The number of ether oxygens (including phenoxy) is 1. The van der Waals surface area contributed by atoms with E-state index in [1.54, 1.807) is 30.3 Å². The maximum Gasteiger partial charge on any atom is 0.251 e. The highest BCUT2D eigenvalue weighted by Crippen LogP contribution is 2.38. The molecule has 2 fully saturated rings. The van der Waals surface area contributed by atoms with E-state index in [1.807, 2.05) is 19.2 Å². The third-order valence-corrected chi connectivity index (χ3v) is 9.76. The quantitative estimate of drug-likeness (QED) is 0.293. The lowest BCUT2D eigenvalue weighted by Crippen LogP contribution is -2.44. The Kier molecular flexibility index (Phi) is 10.0. The highest BCUT2D eigenvalue weighted by atomic mass is 16.5. The topological polar surface area (TPSA) is 103 Å². The van der Waals surface area contributed by atoms with E-state index in [0.29, 0.717) is 35.5 Å². The number of fused-ring (bicyclic) bond motifs is 1. The first kappa shape index (κ1) is 31.8. The second-order valence-corrected chi connectivity index (χ2v) is 12.9. The van der Waals surface area contributed by atoms with Gasteiger partial charge in [0.1, 0.15) is 11.4 Å². The zero-order valence-electron chi connectivity index (χ0n) is 27.4. The number of carbonyl (C=O) groups is 2. The number of methoxy groups -OCH3 is 1. The number of piperidine rings is 1. The summed E-state index contributed by atoms with van der Waals surface area (Å²) in [6, 6.07) is 16.4. The average molecular weight is 626 g/mol. The maximum atomic E-state index is 13.4. The standard InChI is InChI=1S/C36H47N7O3/c1-4-10-27-24-43(29-13-8-9-14-29)33-31(41(2)35(27)45)22-37-36(40-33)39-30-16-15-26(21-32(30)46-3)34(44)38-28-17-19-42(20-18-28)23-25-11-6-5-7-12-25/h5-7,11-12,15-16,21-22,27-29H,4,8-10,13-14,17-20,23-24H2,1-3H3,(H,38,44)(H,37,39,40). The molecule has 1 aromatic heterocycles. The SMILES string of the molecule is CCCC1CN(C2CCCC2)c2nc(Nc3ccc(C(=O)NC4CCN(Cc5ccccc5)CC4)cc3OC)ncc2N(C)C1=O. The molecule has 244 valence electrons. The van der Waals surface area contributed by atoms with E-state index >= 15 is 0 Å². The van der Waals surface area contributed by atoms with Crippen molar-refractivity contribution in [3.63, 3.8) is 0 Å². The van der Waals surface area contributed by atoms with Crippen LogP contribution in [0.1, 0.15) is 74.2 Å². The summed E-state index contributed by atoms with van der Waals surface area (Å²) < 4.78 is 5.71. The fourth-order valence-corrected chi connectivity index (χ4v) is 7.17. The normalized spacial score (nSPS) is 19.5. The number of carbonyl (C=O) groups excluding carboxylic acids is 2. The smallest absolute Gasteiger partial charge is 0.251 e. The van der Waals surface area contributed by atoms with Crippen LogP contribution in [0.4, 0.5) is 23.1 Å². The van der Waals surface area contributed by atoms with Crippen molar-refractivity contribution in [2.75, 3.05) is 48.9 Å². The zero-order valence-corrected chi connectivity index (χ0v) is 27.4. The molecule has 3 heterocycles.